The van der Waals surface area contributed by atoms with Crippen LogP contribution >= 0.6 is 0 Å². The van der Waals surface area contributed by atoms with Crippen LogP contribution in [0.2, 0.25) is 0 Å². The molecule has 0 aliphatic carbocycles. The summed E-state index contributed by atoms with van der Waals surface area (Å²) in [6, 6.07) is 17.5. The Balaban J connectivity index is 2.56. The molecule has 2 aromatic carbocycles. The van der Waals surface area contributed by atoms with Gasteiger partial charge in [-0.05, 0) is 40.3 Å². The molecule has 1 nitrogen and oxygen atoms in total. The molecule has 0 fully saturated rings. The third-order valence-electron chi connectivity index (χ3n) is 2.86. The minimum absolute atomic E-state index is 0.120. The highest BCUT2D eigenvalue weighted by Gasteiger charge is 2.18. The van der Waals surface area contributed by atoms with Gasteiger partial charge >= 0.3 is 0 Å². The van der Waals surface area contributed by atoms with Crippen molar-refractivity contribution in [3.05, 3.63) is 54.1 Å². The second kappa shape index (κ2) is 4.25. The highest BCUT2D eigenvalue weighted by molar-refractivity contribution is 5.69. The van der Waals surface area contributed by atoms with Crippen molar-refractivity contribution in [3.63, 3.8) is 0 Å². The minimum Gasteiger partial charge on any atom is -0.399 e. The summed E-state index contributed by atoms with van der Waals surface area (Å²) in [5, 5.41) is 0. The first kappa shape index (κ1) is 11.7. The zero-order valence-electron chi connectivity index (χ0n) is 10.6. The van der Waals surface area contributed by atoms with Crippen LogP contribution < -0.4 is 5.73 Å². The molecule has 0 unspecified atom stereocenters. The summed E-state index contributed by atoms with van der Waals surface area (Å²) in [6.07, 6.45) is 0. The summed E-state index contributed by atoms with van der Waals surface area (Å²) < 4.78 is 0. The third kappa shape index (κ3) is 2.50. The van der Waals surface area contributed by atoms with Gasteiger partial charge in [0.25, 0.3) is 0 Å². The number of anilines is 1. The first-order chi connectivity index (χ1) is 7.98. The normalized spacial score (nSPS) is 11.5. The molecule has 0 aromatic heterocycles. The van der Waals surface area contributed by atoms with Crippen molar-refractivity contribution in [2.75, 3.05) is 5.73 Å². The van der Waals surface area contributed by atoms with E-state index in [1.807, 2.05) is 24.3 Å². The molecule has 0 amide bonds. The van der Waals surface area contributed by atoms with Gasteiger partial charge in [-0.15, -0.1) is 0 Å². The zero-order valence-corrected chi connectivity index (χ0v) is 10.6. The lowest BCUT2D eigenvalue weighted by Gasteiger charge is -2.22. The maximum atomic E-state index is 5.72. The van der Waals surface area contributed by atoms with Gasteiger partial charge in [0, 0.05) is 5.69 Å². The Hall–Kier alpha value is -1.76. The van der Waals surface area contributed by atoms with Gasteiger partial charge in [-0.3, -0.25) is 0 Å². The van der Waals surface area contributed by atoms with Crippen molar-refractivity contribution in [3.8, 4) is 11.1 Å². The van der Waals surface area contributed by atoms with Crippen LogP contribution in [-0.2, 0) is 5.41 Å². The minimum atomic E-state index is 0.120. The van der Waals surface area contributed by atoms with Gasteiger partial charge in [-0.1, -0.05) is 51.1 Å². The maximum absolute atomic E-state index is 5.72. The number of nitrogens with two attached hydrogens (primary N) is 1. The van der Waals surface area contributed by atoms with E-state index < -0.39 is 0 Å². The van der Waals surface area contributed by atoms with Gasteiger partial charge in [-0.25, -0.2) is 0 Å². The van der Waals surface area contributed by atoms with Gasteiger partial charge in [-0.2, -0.15) is 0 Å². The third-order valence-corrected chi connectivity index (χ3v) is 2.86. The number of hydrogen-bond donors (Lipinski definition) is 1. The number of benzene rings is 2. The molecule has 0 aliphatic heterocycles. The maximum Gasteiger partial charge on any atom is 0.0314 e. The van der Waals surface area contributed by atoms with Gasteiger partial charge in [0.15, 0.2) is 0 Å². The molecular weight excluding hydrogens is 206 g/mol. The Morgan fingerprint density at radius 1 is 1.00 bits per heavy atom. The van der Waals surface area contributed by atoms with Crippen LogP contribution in [0.1, 0.15) is 26.3 Å². The second-order valence-electron chi connectivity index (χ2n) is 5.33. The van der Waals surface area contributed by atoms with Gasteiger partial charge < -0.3 is 5.73 Å². The summed E-state index contributed by atoms with van der Waals surface area (Å²) in [4.78, 5) is 0. The molecule has 0 saturated heterocycles. The van der Waals surface area contributed by atoms with Gasteiger partial charge in [0.1, 0.15) is 0 Å². The fraction of sp³-hybridized carbons (Fsp3) is 0.250. The van der Waals surface area contributed by atoms with Gasteiger partial charge in [0.05, 0.1) is 0 Å². The SMILES string of the molecule is CC(C)(C)c1ccc[c]c1-c1ccc(N)cc1. The molecule has 1 radical (unpaired) electrons. The largest absolute Gasteiger partial charge is 0.399 e. The molecule has 1 heteroatoms. The van der Waals surface area contributed by atoms with E-state index in [0.29, 0.717) is 0 Å². The summed E-state index contributed by atoms with van der Waals surface area (Å²) in [5.41, 5.74) is 10.3. The highest BCUT2D eigenvalue weighted by atomic mass is 14.5. The van der Waals surface area contributed by atoms with Crippen LogP contribution in [0.4, 0.5) is 5.69 Å². The number of rotatable bonds is 1. The molecule has 87 valence electrons. The second-order valence-corrected chi connectivity index (χ2v) is 5.33. The standard InChI is InChI=1S/C16H18N/c1-16(2,3)15-7-5-4-6-14(15)12-8-10-13(17)11-9-12/h4-5,7-11H,17H2,1-3H3. The lowest BCUT2D eigenvalue weighted by molar-refractivity contribution is 0.592. The summed E-state index contributed by atoms with van der Waals surface area (Å²) >= 11 is 0. The molecule has 2 rings (SSSR count). The predicted octanol–water partition coefficient (Wildman–Crippen LogP) is 4.03. The molecule has 0 saturated carbocycles. The average molecular weight is 224 g/mol. The van der Waals surface area contributed by atoms with Crippen LogP contribution in [0, 0.1) is 6.07 Å². The van der Waals surface area contributed by atoms with E-state index in [2.05, 4.69) is 45.0 Å². The lowest BCUT2D eigenvalue weighted by atomic mass is 9.82. The monoisotopic (exact) mass is 224 g/mol. The Labute approximate surface area is 103 Å². The van der Waals surface area contributed by atoms with Crippen molar-refractivity contribution in [2.24, 2.45) is 0 Å². The van der Waals surface area contributed by atoms with E-state index in [1.165, 1.54) is 16.7 Å². The van der Waals surface area contributed by atoms with Crippen molar-refractivity contribution in [1.82, 2.24) is 0 Å². The molecule has 0 atom stereocenters. The molecule has 0 spiro atoms. The van der Waals surface area contributed by atoms with Crippen LogP contribution in [0.25, 0.3) is 11.1 Å². The fourth-order valence-electron chi connectivity index (χ4n) is 1.95. The molecule has 2 N–H and O–H groups in total. The molecule has 0 aliphatic rings. The topological polar surface area (TPSA) is 26.0 Å². The van der Waals surface area contributed by atoms with E-state index >= 15 is 0 Å². The smallest absolute Gasteiger partial charge is 0.0314 e. The predicted molar refractivity (Wildman–Crippen MR) is 73.8 cm³/mol. The fourth-order valence-corrected chi connectivity index (χ4v) is 1.95. The summed E-state index contributed by atoms with van der Waals surface area (Å²) in [7, 11) is 0. The Morgan fingerprint density at radius 3 is 2.24 bits per heavy atom. The van der Waals surface area contributed by atoms with E-state index in [9.17, 15) is 0 Å². The van der Waals surface area contributed by atoms with Crippen molar-refractivity contribution in [1.29, 1.82) is 0 Å². The van der Waals surface area contributed by atoms with Crippen molar-refractivity contribution >= 4 is 5.69 Å². The van der Waals surface area contributed by atoms with Crippen LogP contribution in [0.3, 0.4) is 0 Å². The molecule has 2 aromatic rings. The first-order valence-electron chi connectivity index (χ1n) is 5.85. The van der Waals surface area contributed by atoms with Crippen LogP contribution in [0.15, 0.2) is 42.5 Å². The van der Waals surface area contributed by atoms with E-state index in [1.54, 1.807) is 0 Å². The molecule has 17 heavy (non-hydrogen) atoms. The molecule has 0 bridgehead atoms. The lowest BCUT2D eigenvalue weighted by Crippen LogP contribution is -2.12. The van der Waals surface area contributed by atoms with Crippen molar-refractivity contribution < 1.29 is 0 Å². The number of nitrogen functional groups attached to an aromatic ring is 1. The number of hydrogen-bond acceptors (Lipinski definition) is 1. The Bertz CT molecular complexity index is 504. The summed E-state index contributed by atoms with van der Waals surface area (Å²) in [6.45, 7) is 6.66. The summed E-state index contributed by atoms with van der Waals surface area (Å²) in [5.74, 6) is 0. The Kier molecular flexibility index (Phi) is 2.93. The van der Waals surface area contributed by atoms with E-state index in [0.717, 1.165) is 5.69 Å². The first-order valence-corrected chi connectivity index (χ1v) is 5.85. The molecular formula is C16H18N. The van der Waals surface area contributed by atoms with Crippen LogP contribution in [-0.4, -0.2) is 0 Å². The van der Waals surface area contributed by atoms with Crippen molar-refractivity contribution in [2.45, 2.75) is 26.2 Å². The van der Waals surface area contributed by atoms with Gasteiger partial charge in [0.2, 0.25) is 0 Å². The average Bonchev–Trinajstić information content (AvgIpc) is 2.29. The van der Waals surface area contributed by atoms with E-state index in [-0.39, 0.29) is 5.41 Å². The van der Waals surface area contributed by atoms with Crippen LogP contribution in [0.5, 0.6) is 0 Å². The van der Waals surface area contributed by atoms with E-state index in [4.69, 9.17) is 5.73 Å². The Morgan fingerprint density at radius 2 is 1.65 bits per heavy atom. The zero-order chi connectivity index (χ0) is 12.5. The highest BCUT2D eigenvalue weighted by Crippen LogP contribution is 2.32. The molecule has 0 heterocycles. The quantitative estimate of drug-likeness (QED) is 0.727.